The van der Waals surface area contributed by atoms with Crippen molar-refractivity contribution in [1.29, 1.82) is 0 Å². The summed E-state index contributed by atoms with van der Waals surface area (Å²) in [6, 6.07) is 16.9. The van der Waals surface area contributed by atoms with E-state index in [0.717, 1.165) is 16.5 Å². The predicted molar refractivity (Wildman–Crippen MR) is 172 cm³/mol. The molecule has 4 rings (SSSR count). The smallest absolute Gasteiger partial charge is 0.326 e. The molecule has 246 valence electrons. The highest BCUT2D eigenvalue weighted by molar-refractivity contribution is 5.95. The number of aliphatic carboxylic acids is 2. The Bertz CT molecular complexity index is 1710. The molecule has 0 spiro atoms. The van der Waals surface area contributed by atoms with Crippen LogP contribution in [0.4, 0.5) is 0 Å². The van der Waals surface area contributed by atoms with Gasteiger partial charge >= 0.3 is 11.9 Å². The fourth-order valence-electron chi connectivity index (χ4n) is 5.12. The van der Waals surface area contributed by atoms with Crippen LogP contribution >= 0.6 is 0 Å². The largest absolute Gasteiger partial charge is 0.508 e. The number of aromatic nitrogens is 1. The number of carboxylic acid groups (broad SMARTS) is 2. The van der Waals surface area contributed by atoms with Crippen molar-refractivity contribution < 1.29 is 39.3 Å². The Morgan fingerprint density at radius 2 is 1.26 bits per heavy atom. The van der Waals surface area contributed by atoms with Gasteiger partial charge in [-0.1, -0.05) is 60.7 Å². The van der Waals surface area contributed by atoms with E-state index in [-0.39, 0.29) is 31.4 Å². The molecular weight excluding hydrogens is 606 g/mol. The van der Waals surface area contributed by atoms with Crippen LogP contribution in [0.1, 0.15) is 29.5 Å². The van der Waals surface area contributed by atoms with Crippen LogP contribution in [0.5, 0.6) is 5.75 Å². The fraction of sp³-hybridized carbons (Fsp3) is 0.265. The number of hydrogen-bond acceptors (Lipinski definition) is 7. The molecule has 1 aromatic heterocycles. The third-order valence-corrected chi connectivity index (χ3v) is 7.64. The highest BCUT2D eigenvalue weighted by atomic mass is 16.4. The number of aromatic hydroxyl groups is 1. The van der Waals surface area contributed by atoms with Gasteiger partial charge in [-0.2, -0.15) is 0 Å². The van der Waals surface area contributed by atoms with Crippen molar-refractivity contribution in [3.05, 3.63) is 102 Å². The summed E-state index contributed by atoms with van der Waals surface area (Å²) in [4.78, 5) is 66.8. The van der Waals surface area contributed by atoms with Crippen LogP contribution in [0.2, 0.25) is 0 Å². The van der Waals surface area contributed by atoms with Gasteiger partial charge in [-0.05, 0) is 47.7 Å². The molecule has 47 heavy (non-hydrogen) atoms. The summed E-state index contributed by atoms with van der Waals surface area (Å²) >= 11 is 0. The molecule has 0 bridgehead atoms. The Labute approximate surface area is 270 Å². The number of amides is 3. The number of carboxylic acids is 2. The van der Waals surface area contributed by atoms with Crippen molar-refractivity contribution in [1.82, 2.24) is 20.9 Å². The molecule has 9 N–H and O–H groups in total. The number of nitrogens with one attached hydrogen (secondary N) is 4. The van der Waals surface area contributed by atoms with E-state index in [1.54, 1.807) is 36.5 Å². The van der Waals surface area contributed by atoms with Crippen LogP contribution in [0.25, 0.3) is 10.9 Å². The number of benzene rings is 3. The predicted octanol–water partition coefficient (Wildman–Crippen LogP) is 1.63. The summed E-state index contributed by atoms with van der Waals surface area (Å²) in [5.74, 6) is -4.87. The van der Waals surface area contributed by atoms with Crippen molar-refractivity contribution in [2.75, 3.05) is 0 Å². The number of phenolic OH excluding ortho intramolecular Hbond substituents is 1. The summed E-state index contributed by atoms with van der Waals surface area (Å²) in [5.41, 5.74) is 9.04. The molecule has 0 fully saturated rings. The van der Waals surface area contributed by atoms with Crippen LogP contribution in [0, 0.1) is 0 Å². The van der Waals surface area contributed by atoms with Crippen LogP contribution in [-0.4, -0.2) is 74.1 Å². The molecule has 1 heterocycles. The Kier molecular flexibility index (Phi) is 11.7. The molecule has 3 amide bonds. The first-order valence-electron chi connectivity index (χ1n) is 15.0. The summed E-state index contributed by atoms with van der Waals surface area (Å²) in [5, 5.41) is 37.3. The third-order valence-electron chi connectivity index (χ3n) is 7.64. The van der Waals surface area contributed by atoms with E-state index in [9.17, 15) is 39.3 Å². The minimum atomic E-state index is -1.37. The highest BCUT2D eigenvalue weighted by Crippen LogP contribution is 2.19. The molecule has 4 unspecified atom stereocenters. The summed E-state index contributed by atoms with van der Waals surface area (Å²) in [6.45, 7) is 0. The molecule has 13 nitrogen and oxygen atoms in total. The zero-order chi connectivity index (χ0) is 33.9. The van der Waals surface area contributed by atoms with Gasteiger partial charge in [-0.25, -0.2) is 4.79 Å². The molecule has 3 aromatic carbocycles. The number of aromatic amines is 1. The van der Waals surface area contributed by atoms with Gasteiger partial charge in [0.2, 0.25) is 17.7 Å². The monoisotopic (exact) mass is 643 g/mol. The maximum absolute atomic E-state index is 13.6. The number of fused-ring (bicyclic) bond motifs is 1. The number of nitrogens with two attached hydrogens (primary N) is 1. The van der Waals surface area contributed by atoms with Crippen LogP contribution < -0.4 is 21.7 Å². The Morgan fingerprint density at radius 3 is 1.94 bits per heavy atom. The number of H-pyrrole nitrogens is 1. The van der Waals surface area contributed by atoms with E-state index in [4.69, 9.17) is 5.73 Å². The standard InChI is InChI=1S/C34H37N5O8/c35-25(18-22-19-36-26-9-5-4-8-24(22)26)31(43)37-27(14-15-30(41)42)32(44)38-28(16-21-10-12-23(40)13-11-21)33(45)39-29(34(46)47)17-20-6-2-1-3-7-20/h1-13,19,25,27-29,36,40H,14-18,35H2,(H,37,43)(H,38,44)(H,39,45)(H,41,42)(H,46,47). The van der Waals surface area contributed by atoms with Gasteiger partial charge in [0.25, 0.3) is 0 Å². The number of rotatable bonds is 16. The summed E-state index contributed by atoms with van der Waals surface area (Å²) < 4.78 is 0. The second-order valence-electron chi connectivity index (χ2n) is 11.2. The normalized spacial score (nSPS) is 13.6. The number of para-hydroxylation sites is 1. The zero-order valence-electron chi connectivity index (χ0n) is 25.4. The highest BCUT2D eigenvalue weighted by Gasteiger charge is 2.31. The Morgan fingerprint density at radius 1 is 0.681 bits per heavy atom. The first kappa shape index (κ1) is 34.2. The average molecular weight is 644 g/mol. The molecule has 0 saturated heterocycles. The molecule has 13 heteroatoms. The lowest BCUT2D eigenvalue weighted by atomic mass is 10.0. The molecule has 4 atom stereocenters. The van der Waals surface area contributed by atoms with Crippen molar-refractivity contribution in [2.45, 2.75) is 56.3 Å². The topological polar surface area (TPSA) is 224 Å². The average Bonchev–Trinajstić information content (AvgIpc) is 3.46. The molecule has 0 aliphatic carbocycles. The second kappa shape index (κ2) is 16.0. The minimum absolute atomic E-state index is 0.0204. The van der Waals surface area contributed by atoms with E-state index in [0.29, 0.717) is 11.1 Å². The summed E-state index contributed by atoms with van der Waals surface area (Å²) in [6.07, 6.45) is 0.978. The number of hydrogen-bond donors (Lipinski definition) is 8. The van der Waals surface area contributed by atoms with Crippen LogP contribution in [0.15, 0.2) is 85.1 Å². The van der Waals surface area contributed by atoms with Crippen molar-refractivity contribution >= 4 is 40.6 Å². The maximum Gasteiger partial charge on any atom is 0.326 e. The lowest BCUT2D eigenvalue weighted by molar-refractivity contribution is -0.142. The van der Waals surface area contributed by atoms with Gasteiger partial charge in [0.05, 0.1) is 6.04 Å². The number of phenols is 1. The van der Waals surface area contributed by atoms with E-state index in [1.165, 1.54) is 24.3 Å². The molecule has 0 radical (unpaired) electrons. The SMILES string of the molecule is NC(Cc1c[nH]c2ccccc12)C(=O)NC(CCC(=O)O)C(=O)NC(Cc1ccc(O)cc1)C(=O)NC(Cc1ccccc1)C(=O)O. The van der Waals surface area contributed by atoms with E-state index in [1.807, 2.05) is 24.3 Å². The first-order valence-corrected chi connectivity index (χ1v) is 15.0. The van der Waals surface area contributed by atoms with Crippen molar-refractivity contribution in [3.8, 4) is 5.75 Å². The van der Waals surface area contributed by atoms with Gasteiger partial charge in [-0.3, -0.25) is 19.2 Å². The van der Waals surface area contributed by atoms with Crippen LogP contribution in [0.3, 0.4) is 0 Å². The third kappa shape index (κ3) is 9.90. The van der Waals surface area contributed by atoms with E-state index in [2.05, 4.69) is 20.9 Å². The lowest BCUT2D eigenvalue weighted by Gasteiger charge is -2.25. The fourth-order valence-corrected chi connectivity index (χ4v) is 5.12. The molecule has 0 saturated carbocycles. The Hall–Kier alpha value is -5.69. The lowest BCUT2D eigenvalue weighted by Crippen LogP contribution is -2.58. The van der Waals surface area contributed by atoms with Gasteiger partial charge in [0.15, 0.2) is 0 Å². The van der Waals surface area contributed by atoms with E-state index < -0.39 is 60.2 Å². The molecule has 0 aliphatic heterocycles. The zero-order valence-corrected chi connectivity index (χ0v) is 25.4. The van der Waals surface area contributed by atoms with E-state index >= 15 is 0 Å². The summed E-state index contributed by atoms with van der Waals surface area (Å²) in [7, 11) is 0. The van der Waals surface area contributed by atoms with Gasteiger partial charge in [0.1, 0.15) is 23.9 Å². The molecule has 0 aliphatic rings. The maximum atomic E-state index is 13.6. The van der Waals surface area contributed by atoms with Crippen LogP contribution in [-0.2, 0) is 43.2 Å². The first-order chi connectivity index (χ1) is 22.5. The minimum Gasteiger partial charge on any atom is -0.508 e. The quantitative estimate of drug-likeness (QED) is 0.0887. The second-order valence-corrected chi connectivity index (χ2v) is 11.2. The van der Waals surface area contributed by atoms with Crippen molar-refractivity contribution in [2.24, 2.45) is 5.73 Å². The molecule has 4 aromatic rings. The van der Waals surface area contributed by atoms with Gasteiger partial charge < -0.3 is 42.0 Å². The Balaban J connectivity index is 1.51. The number of carbonyl (C=O) groups excluding carboxylic acids is 3. The molecular formula is C34H37N5O8. The van der Waals surface area contributed by atoms with Gasteiger partial charge in [-0.15, -0.1) is 0 Å². The van der Waals surface area contributed by atoms with Gasteiger partial charge in [0, 0.05) is 36.4 Å². The van der Waals surface area contributed by atoms with Crippen molar-refractivity contribution in [3.63, 3.8) is 0 Å². The number of carbonyl (C=O) groups is 5.